The van der Waals surface area contributed by atoms with E-state index >= 15 is 0 Å². The number of aromatic nitrogens is 4. The fourth-order valence-electron chi connectivity index (χ4n) is 3.00. The van der Waals surface area contributed by atoms with Gasteiger partial charge in [0.15, 0.2) is 5.82 Å². The van der Waals surface area contributed by atoms with Crippen molar-refractivity contribution in [1.82, 2.24) is 19.8 Å². The third-order valence-electron chi connectivity index (χ3n) is 4.59. The second kappa shape index (κ2) is 8.40. The molecule has 0 spiro atoms. The molecule has 0 aliphatic heterocycles. The van der Waals surface area contributed by atoms with Gasteiger partial charge in [-0.2, -0.15) is 9.61 Å². The van der Waals surface area contributed by atoms with Crippen molar-refractivity contribution in [2.24, 2.45) is 0 Å². The summed E-state index contributed by atoms with van der Waals surface area (Å²) in [5, 5.41) is 16.4. The molecule has 4 rings (SSSR count). The molecule has 0 aliphatic carbocycles. The normalized spacial score (nSPS) is 11.0. The maximum absolute atomic E-state index is 12.2. The van der Waals surface area contributed by atoms with Crippen LogP contribution in [0.3, 0.4) is 0 Å². The standard InChI is InChI=1S/C21H21N5O2S/c1-14-23-24-21-26(14)25-20(29-21)16-8-10-17(11-9-16)22-19(27)5-3-4-15-6-12-18(28-2)13-7-15/h6-13H,3-5H2,1-2H3,(H,22,27). The first-order chi connectivity index (χ1) is 14.1. The van der Waals surface area contributed by atoms with E-state index in [1.54, 1.807) is 11.6 Å². The molecule has 1 amide bonds. The Morgan fingerprint density at radius 1 is 1.10 bits per heavy atom. The number of fused-ring (bicyclic) bond motifs is 1. The molecule has 2 heterocycles. The van der Waals surface area contributed by atoms with Crippen LogP contribution in [0.4, 0.5) is 5.69 Å². The van der Waals surface area contributed by atoms with Crippen molar-refractivity contribution in [2.45, 2.75) is 26.2 Å². The molecule has 0 saturated heterocycles. The van der Waals surface area contributed by atoms with Gasteiger partial charge in [-0.25, -0.2) is 0 Å². The van der Waals surface area contributed by atoms with E-state index < -0.39 is 0 Å². The number of benzene rings is 2. The van der Waals surface area contributed by atoms with Crippen molar-refractivity contribution in [1.29, 1.82) is 0 Å². The zero-order valence-corrected chi connectivity index (χ0v) is 17.1. The summed E-state index contributed by atoms with van der Waals surface area (Å²) in [4.78, 5) is 13.0. The first-order valence-corrected chi connectivity index (χ1v) is 10.2. The van der Waals surface area contributed by atoms with E-state index in [0.29, 0.717) is 6.42 Å². The lowest BCUT2D eigenvalue weighted by Crippen LogP contribution is -2.11. The minimum Gasteiger partial charge on any atom is -0.497 e. The number of amides is 1. The summed E-state index contributed by atoms with van der Waals surface area (Å²) in [7, 11) is 1.65. The van der Waals surface area contributed by atoms with Crippen molar-refractivity contribution in [2.75, 3.05) is 12.4 Å². The van der Waals surface area contributed by atoms with Crippen molar-refractivity contribution >= 4 is 27.9 Å². The van der Waals surface area contributed by atoms with E-state index in [0.717, 1.165) is 45.6 Å². The van der Waals surface area contributed by atoms with Gasteiger partial charge in [-0.3, -0.25) is 4.79 Å². The Morgan fingerprint density at radius 3 is 2.55 bits per heavy atom. The Bertz CT molecular complexity index is 1120. The minimum absolute atomic E-state index is 0.0145. The number of rotatable bonds is 7. The highest BCUT2D eigenvalue weighted by molar-refractivity contribution is 7.19. The predicted octanol–water partition coefficient (Wildman–Crippen LogP) is 4.13. The smallest absolute Gasteiger partial charge is 0.234 e. The molecule has 4 aromatic rings. The number of anilines is 1. The number of nitrogens with zero attached hydrogens (tertiary/aromatic N) is 4. The van der Waals surface area contributed by atoms with Crippen molar-refractivity contribution in [3.05, 3.63) is 59.9 Å². The van der Waals surface area contributed by atoms with Crippen LogP contribution in [0.1, 0.15) is 24.2 Å². The molecular weight excluding hydrogens is 386 g/mol. The molecule has 0 radical (unpaired) electrons. The molecule has 0 fully saturated rings. The largest absolute Gasteiger partial charge is 0.497 e. The molecule has 2 aromatic heterocycles. The molecule has 148 valence electrons. The van der Waals surface area contributed by atoms with E-state index in [1.807, 2.05) is 55.5 Å². The summed E-state index contributed by atoms with van der Waals surface area (Å²) in [5.74, 6) is 1.62. The number of aryl methyl sites for hydroxylation is 2. The first kappa shape index (κ1) is 19.1. The summed E-state index contributed by atoms with van der Waals surface area (Å²) in [6, 6.07) is 15.6. The van der Waals surface area contributed by atoms with Gasteiger partial charge < -0.3 is 10.1 Å². The molecule has 0 bridgehead atoms. The molecule has 1 N–H and O–H groups in total. The van der Waals surface area contributed by atoms with Crippen molar-refractivity contribution in [3.8, 4) is 16.3 Å². The molecule has 29 heavy (non-hydrogen) atoms. The highest BCUT2D eigenvalue weighted by Gasteiger charge is 2.10. The van der Waals surface area contributed by atoms with Crippen LogP contribution >= 0.6 is 11.3 Å². The monoisotopic (exact) mass is 407 g/mol. The zero-order valence-electron chi connectivity index (χ0n) is 16.3. The second-order valence-electron chi connectivity index (χ2n) is 6.68. The quantitative estimate of drug-likeness (QED) is 0.498. The van der Waals surface area contributed by atoms with E-state index in [4.69, 9.17) is 4.74 Å². The average Bonchev–Trinajstić information content (AvgIpc) is 3.31. The van der Waals surface area contributed by atoms with Gasteiger partial charge >= 0.3 is 0 Å². The van der Waals surface area contributed by atoms with Crippen LogP contribution in [0.25, 0.3) is 15.5 Å². The lowest BCUT2D eigenvalue weighted by atomic mass is 10.1. The zero-order chi connectivity index (χ0) is 20.2. The van der Waals surface area contributed by atoms with Crippen LogP contribution in [0.15, 0.2) is 48.5 Å². The van der Waals surface area contributed by atoms with Gasteiger partial charge in [0.25, 0.3) is 0 Å². The van der Waals surface area contributed by atoms with Crippen LogP contribution in [-0.2, 0) is 11.2 Å². The molecule has 0 saturated carbocycles. The molecule has 7 nitrogen and oxygen atoms in total. The molecule has 2 aromatic carbocycles. The van der Waals surface area contributed by atoms with E-state index in [-0.39, 0.29) is 5.91 Å². The van der Waals surface area contributed by atoms with Gasteiger partial charge in [-0.1, -0.05) is 23.5 Å². The average molecular weight is 407 g/mol. The van der Waals surface area contributed by atoms with Crippen LogP contribution in [-0.4, -0.2) is 32.8 Å². The Morgan fingerprint density at radius 2 is 1.86 bits per heavy atom. The minimum atomic E-state index is 0.0145. The first-order valence-electron chi connectivity index (χ1n) is 9.34. The molecule has 0 aliphatic rings. The SMILES string of the molecule is COc1ccc(CCCC(=O)Nc2ccc(-c3nn4c(C)nnc4s3)cc2)cc1. The molecule has 8 heteroatoms. The number of nitrogens with one attached hydrogen (secondary N) is 1. The fourth-order valence-corrected chi connectivity index (χ4v) is 3.89. The summed E-state index contributed by atoms with van der Waals surface area (Å²) in [6.45, 7) is 1.87. The van der Waals surface area contributed by atoms with E-state index in [9.17, 15) is 4.79 Å². The Labute approximate surface area is 172 Å². The summed E-state index contributed by atoms with van der Waals surface area (Å²) in [6.07, 6.45) is 2.13. The number of carbonyl (C=O) groups is 1. The van der Waals surface area contributed by atoms with Crippen LogP contribution < -0.4 is 10.1 Å². The molecule has 0 unspecified atom stereocenters. The van der Waals surface area contributed by atoms with Crippen LogP contribution in [0.5, 0.6) is 5.75 Å². The van der Waals surface area contributed by atoms with Gasteiger partial charge in [0.1, 0.15) is 10.8 Å². The fraction of sp³-hybridized carbons (Fsp3) is 0.238. The van der Waals surface area contributed by atoms with E-state index in [2.05, 4.69) is 20.6 Å². The molecular formula is C21H21N5O2S. The third-order valence-corrected chi connectivity index (χ3v) is 5.54. The van der Waals surface area contributed by atoms with Gasteiger partial charge in [-0.15, -0.1) is 10.2 Å². The van der Waals surface area contributed by atoms with Gasteiger partial charge in [0, 0.05) is 17.7 Å². The Hall–Kier alpha value is -3.26. The lowest BCUT2D eigenvalue weighted by Gasteiger charge is -2.06. The third kappa shape index (κ3) is 4.43. The van der Waals surface area contributed by atoms with Gasteiger partial charge in [-0.05, 0) is 61.7 Å². The second-order valence-corrected chi connectivity index (χ2v) is 7.63. The number of hydrogen-bond donors (Lipinski definition) is 1. The van der Waals surface area contributed by atoms with Crippen molar-refractivity contribution in [3.63, 3.8) is 0 Å². The Kier molecular flexibility index (Phi) is 5.53. The highest BCUT2D eigenvalue weighted by Crippen LogP contribution is 2.26. The summed E-state index contributed by atoms with van der Waals surface area (Å²) < 4.78 is 6.89. The van der Waals surface area contributed by atoms with Crippen LogP contribution in [0.2, 0.25) is 0 Å². The summed E-state index contributed by atoms with van der Waals surface area (Å²) >= 11 is 1.49. The van der Waals surface area contributed by atoms with Crippen LogP contribution in [0, 0.1) is 6.92 Å². The van der Waals surface area contributed by atoms with Gasteiger partial charge in [0.05, 0.1) is 7.11 Å². The number of hydrogen-bond acceptors (Lipinski definition) is 6. The van der Waals surface area contributed by atoms with Crippen molar-refractivity contribution < 1.29 is 9.53 Å². The maximum atomic E-state index is 12.2. The number of methoxy groups -OCH3 is 1. The number of ether oxygens (including phenoxy) is 1. The lowest BCUT2D eigenvalue weighted by molar-refractivity contribution is -0.116. The summed E-state index contributed by atoms with van der Waals surface area (Å²) in [5.41, 5.74) is 2.96. The predicted molar refractivity (Wildman–Crippen MR) is 113 cm³/mol. The topological polar surface area (TPSA) is 81.4 Å². The highest BCUT2D eigenvalue weighted by atomic mass is 32.1. The number of carbonyl (C=O) groups excluding carboxylic acids is 1. The molecule has 0 atom stereocenters. The maximum Gasteiger partial charge on any atom is 0.234 e. The van der Waals surface area contributed by atoms with Gasteiger partial charge in [0.2, 0.25) is 10.9 Å². The Balaban J connectivity index is 1.30. The van der Waals surface area contributed by atoms with E-state index in [1.165, 1.54) is 16.9 Å².